The summed E-state index contributed by atoms with van der Waals surface area (Å²) in [4.78, 5) is 0. The maximum Gasteiger partial charge on any atom is 0.461 e. The van der Waals surface area contributed by atoms with Crippen LogP contribution in [0.1, 0.15) is 53.4 Å². The minimum atomic E-state index is -0.269. The largest absolute Gasteiger partial charge is 0.502 e. The van der Waals surface area contributed by atoms with Gasteiger partial charge in [-0.2, -0.15) is 0 Å². The highest BCUT2D eigenvalue weighted by Crippen LogP contribution is 2.37. The van der Waals surface area contributed by atoms with Gasteiger partial charge in [0.15, 0.2) is 6.29 Å². The fourth-order valence-corrected chi connectivity index (χ4v) is 2.37. The second-order valence-corrected chi connectivity index (χ2v) is 6.91. The van der Waals surface area contributed by atoms with Gasteiger partial charge in [0.25, 0.3) is 0 Å². The molecule has 0 bridgehead atoms. The fourth-order valence-electron chi connectivity index (χ4n) is 2.37. The number of hydrogen-bond acceptors (Lipinski definition) is 5. The van der Waals surface area contributed by atoms with Crippen LogP contribution < -0.4 is 0 Å². The maximum atomic E-state index is 5.91. The van der Waals surface area contributed by atoms with Gasteiger partial charge in [-0.15, -0.1) is 0 Å². The summed E-state index contributed by atoms with van der Waals surface area (Å²) in [5.41, 5.74) is -0.538. The van der Waals surface area contributed by atoms with Gasteiger partial charge < -0.3 is 23.5 Å². The third-order valence-electron chi connectivity index (χ3n) is 4.55. The second-order valence-electron chi connectivity index (χ2n) is 6.91. The van der Waals surface area contributed by atoms with Crippen LogP contribution in [0.3, 0.4) is 0 Å². The van der Waals surface area contributed by atoms with Crippen LogP contribution in [0.2, 0.25) is 6.32 Å². The van der Waals surface area contributed by atoms with E-state index in [-0.39, 0.29) is 24.6 Å². The Morgan fingerprint density at radius 3 is 2.13 bits per heavy atom. The zero-order valence-corrected chi connectivity index (χ0v) is 15.6. The standard InChI is InChI=1S/C17H33BO5/c1-16(2)17(3,4)23-18(22-16)12-10-14-21-13-9-7-8-11-15(19-5)20-6/h10,14-15H,7-9,11-13H2,1-6H3/b14-10-. The van der Waals surface area contributed by atoms with Gasteiger partial charge in [-0.25, -0.2) is 0 Å². The highest BCUT2D eigenvalue weighted by Gasteiger charge is 2.50. The number of ether oxygens (including phenoxy) is 3. The van der Waals surface area contributed by atoms with Gasteiger partial charge in [0.1, 0.15) is 0 Å². The zero-order chi connectivity index (χ0) is 17.3. The number of hydrogen-bond donors (Lipinski definition) is 0. The molecule has 1 saturated heterocycles. The molecule has 0 unspecified atom stereocenters. The predicted octanol–water partition coefficient (Wildman–Crippen LogP) is 3.79. The van der Waals surface area contributed by atoms with Crippen molar-refractivity contribution in [2.75, 3.05) is 20.8 Å². The van der Waals surface area contributed by atoms with Crippen LogP contribution >= 0.6 is 0 Å². The minimum absolute atomic E-state index is 0.0873. The lowest BCUT2D eigenvalue weighted by atomic mass is 9.85. The van der Waals surface area contributed by atoms with Gasteiger partial charge in [0.2, 0.25) is 0 Å². The quantitative estimate of drug-likeness (QED) is 0.250. The lowest BCUT2D eigenvalue weighted by Gasteiger charge is -2.32. The summed E-state index contributed by atoms with van der Waals surface area (Å²) in [6, 6.07) is 0. The Balaban J connectivity index is 2.04. The molecular formula is C17H33BO5. The third-order valence-corrected chi connectivity index (χ3v) is 4.55. The summed E-state index contributed by atoms with van der Waals surface area (Å²) in [7, 11) is 3.14. The second kappa shape index (κ2) is 9.67. The van der Waals surface area contributed by atoms with Crippen molar-refractivity contribution in [1.29, 1.82) is 0 Å². The zero-order valence-electron chi connectivity index (χ0n) is 15.6. The van der Waals surface area contributed by atoms with E-state index in [4.69, 9.17) is 23.5 Å². The van der Waals surface area contributed by atoms with Crippen LogP contribution in [0.5, 0.6) is 0 Å². The summed E-state index contributed by atoms with van der Waals surface area (Å²) in [5, 5.41) is 0. The van der Waals surface area contributed by atoms with Crippen molar-refractivity contribution in [2.24, 2.45) is 0 Å². The molecule has 0 aromatic rings. The van der Waals surface area contributed by atoms with E-state index in [0.717, 1.165) is 32.3 Å². The van der Waals surface area contributed by atoms with Crippen molar-refractivity contribution in [3.63, 3.8) is 0 Å². The molecular weight excluding hydrogens is 295 g/mol. The van der Waals surface area contributed by atoms with E-state index in [1.165, 1.54) is 0 Å². The van der Waals surface area contributed by atoms with E-state index in [0.29, 0.717) is 6.32 Å². The Morgan fingerprint density at radius 2 is 1.57 bits per heavy atom. The number of rotatable bonds is 11. The Hall–Kier alpha value is -0.555. The van der Waals surface area contributed by atoms with Gasteiger partial charge in [-0.1, -0.05) is 6.08 Å². The molecule has 0 aromatic heterocycles. The van der Waals surface area contributed by atoms with Gasteiger partial charge in [0, 0.05) is 20.5 Å². The van der Waals surface area contributed by atoms with E-state index in [1.807, 2.05) is 6.08 Å². The minimum Gasteiger partial charge on any atom is -0.502 e. The number of unbranched alkanes of at least 4 members (excludes halogenated alkanes) is 2. The van der Waals surface area contributed by atoms with Gasteiger partial charge in [0.05, 0.1) is 24.1 Å². The molecule has 0 radical (unpaired) electrons. The third kappa shape index (κ3) is 6.83. The smallest absolute Gasteiger partial charge is 0.461 e. The summed E-state index contributed by atoms with van der Waals surface area (Å²) in [6.45, 7) is 8.97. The van der Waals surface area contributed by atoms with Crippen molar-refractivity contribution in [2.45, 2.75) is 77.2 Å². The van der Waals surface area contributed by atoms with Crippen LogP contribution in [0.4, 0.5) is 0 Å². The molecule has 0 amide bonds. The monoisotopic (exact) mass is 328 g/mol. The van der Waals surface area contributed by atoms with Crippen LogP contribution in [-0.4, -0.2) is 45.4 Å². The molecule has 23 heavy (non-hydrogen) atoms. The molecule has 1 aliphatic heterocycles. The number of methoxy groups -OCH3 is 2. The Labute approximate surface area is 141 Å². The first-order chi connectivity index (χ1) is 10.8. The summed E-state index contributed by atoms with van der Waals surface area (Å²) in [5.74, 6) is 0. The van der Waals surface area contributed by atoms with Crippen LogP contribution in [0, 0.1) is 0 Å². The van der Waals surface area contributed by atoms with E-state index >= 15 is 0 Å². The molecule has 0 N–H and O–H groups in total. The van der Waals surface area contributed by atoms with Gasteiger partial charge in [-0.05, 0) is 53.4 Å². The average molecular weight is 328 g/mol. The van der Waals surface area contributed by atoms with Crippen molar-refractivity contribution in [3.05, 3.63) is 12.3 Å². The molecule has 0 aliphatic carbocycles. The topological polar surface area (TPSA) is 46.2 Å². The van der Waals surface area contributed by atoms with Crippen LogP contribution in [0.15, 0.2) is 12.3 Å². The first-order valence-electron chi connectivity index (χ1n) is 8.50. The molecule has 0 saturated carbocycles. The molecule has 0 aromatic carbocycles. The first kappa shape index (κ1) is 20.5. The van der Waals surface area contributed by atoms with Crippen molar-refractivity contribution < 1.29 is 23.5 Å². The van der Waals surface area contributed by atoms with Crippen molar-refractivity contribution in [3.8, 4) is 0 Å². The molecule has 1 fully saturated rings. The average Bonchev–Trinajstić information content (AvgIpc) is 2.69. The molecule has 1 aliphatic rings. The molecule has 0 spiro atoms. The molecule has 5 nitrogen and oxygen atoms in total. The van der Waals surface area contributed by atoms with E-state index in [9.17, 15) is 0 Å². The normalized spacial score (nSPS) is 19.9. The fraction of sp³-hybridized carbons (Fsp3) is 0.882. The molecule has 0 atom stereocenters. The predicted molar refractivity (Wildman–Crippen MR) is 92.3 cm³/mol. The number of allylic oxidation sites excluding steroid dienone is 1. The van der Waals surface area contributed by atoms with Gasteiger partial charge in [-0.3, -0.25) is 0 Å². The van der Waals surface area contributed by atoms with Crippen molar-refractivity contribution in [1.82, 2.24) is 0 Å². The first-order valence-corrected chi connectivity index (χ1v) is 8.50. The Kier molecular flexibility index (Phi) is 8.62. The lowest BCUT2D eigenvalue weighted by molar-refractivity contribution is -0.107. The van der Waals surface area contributed by atoms with Crippen LogP contribution in [0.25, 0.3) is 0 Å². The summed E-state index contributed by atoms with van der Waals surface area (Å²) < 4.78 is 27.6. The van der Waals surface area contributed by atoms with E-state index in [2.05, 4.69) is 27.7 Å². The highest BCUT2D eigenvalue weighted by molar-refractivity contribution is 6.46. The maximum absolute atomic E-state index is 5.91. The SMILES string of the molecule is COC(CCCCCO/C=C\CB1OC(C)(C)C(C)(C)O1)OC. The van der Waals surface area contributed by atoms with E-state index < -0.39 is 0 Å². The molecule has 6 heteroatoms. The van der Waals surface area contributed by atoms with E-state index in [1.54, 1.807) is 20.5 Å². The van der Waals surface area contributed by atoms with Crippen molar-refractivity contribution >= 4 is 7.12 Å². The highest BCUT2D eigenvalue weighted by atomic mass is 16.7. The molecule has 134 valence electrons. The molecule has 1 rings (SSSR count). The Morgan fingerprint density at radius 1 is 0.957 bits per heavy atom. The summed E-state index contributed by atoms with van der Waals surface area (Å²) >= 11 is 0. The van der Waals surface area contributed by atoms with Crippen LogP contribution in [-0.2, 0) is 23.5 Å². The Bertz CT molecular complexity index is 337. The lowest BCUT2D eigenvalue weighted by Crippen LogP contribution is -2.41. The van der Waals surface area contributed by atoms with Gasteiger partial charge >= 0.3 is 7.12 Å². The molecule has 1 heterocycles. The summed E-state index contributed by atoms with van der Waals surface area (Å²) in [6.07, 6.45) is 8.46.